The molecule has 2 nitrogen and oxygen atoms in total. The number of aryl methyl sites for hydroxylation is 2. The summed E-state index contributed by atoms with van der Waals surface area (Å²) < 4.78 is 12.9. The fourth-order valence-corrected chi connectivity index (χ4v) is 3.86. The van der Waals surface area contributed by atoms with Crippen LogP contribution in [0.25, 0.3) is 21.5 Å². The highest BCUT2D eigenvalue weighted by molar-refractivity contribution is 6.11. The molecule has 0 bridgehead atoms. The van der Waals surface area contributed by atoms with Crippen molar-refractivity contribution < 1.29 is 9.47 Å². The molecule has 0 atom stereocenters. The molecule has 5 aromatic carbocycles. The van der Waals surface area contributed by atoms with E-state index in [0.717, 1.165) is 44.5 Å². The van der Waals surface area contributed by atoms with Crippen molar-refractivity contribution in [2.24, 2.45) is 0 Å². The summed E-state index contributed by atoms with van der Waals surface area (Å²) in [5, 5.41) is 4.11. The maximum absolute atomic E-state index is 6.45. The van der Waals surface area contributed by atoms with E-state index in [-0.39, 0.29) is 0 Å². The van der Waals surface area contributed by atoms with Crippen molar-refractivity contribution in [1.82, 2.24) is 0 Å². The summed E-state index contributed by atoms with van der Waals surface area (Å²) in [5.41, 5.74) is 2.33. The highest BCUT2D eigenvalue weighted by atomic mass is 16.5. The zero-order valence-electron chi connectivity index (χ0n) is 17.1. The topological polar surface area (TPSA) is 18.5 Å². The molecule has 5 aromatic rings. The van der Waals surface area contributed by atoms with Crippen molar-refractivity contribution in [2.45, 2.75) is 13.8 Å². The first kappa shape index (κ1) is 18.3. The maximum atomic E-state index is 6.45. The number of hydrogen-bond donors (Lipinski definition) is 0. The zero-order chi connectivity index (χ0) is 20.5. The normalized spacial score (nSPS) is 11.0. The molecule has 0 amide bonds. The van der Waals surface area contributed by atoms with Gasteiger partial charge < -0.3 is 9.47 Å². The quantitative estimate of drug-likeness (QED) is 0.288. The Labute approximate surface area is 176 Å². The third kappa shape index (κ3) is 3.37. The highest BCUT2D eigenvalue weighted by Crippen LogP contribution is 2.45. The van der Waals surface area contributed by atoms with Gasteiger partial charge in [0.1, 0.15) is 23.0 Å². The van der Waals surface area contributed by atoms with Crippen LogP contribution in [0.1, 0.15) is 11.1 Å². The molecule has 0 aliphatic carbocycles. The fourth-order valence-electron chi connectivity index (χ4n) is 3.86. The van der Waals surface area contributed by atoms with E-state index in [1.807, 2.05) is 48.5 Å². The molecule has 0 heterocycles. The number of ether oxygens (including phenoxy) is 2. The van der Waals surface area contributed by atoms with Gasteiger partial charge in [0.25, 0.3) is 0 Å². The lowest BCUT2D eigenvalue weighted by molar-refractivity contribution is 0.485. The molecule has 5 rings (SSSR count). The van der Waals surface area contributed by atoms with E-state index in [9.17, 15) is 0 Å². The van der Waals surface area contributed by atoms with Gasteiger partial charge in [-0.2, -0.15) is 0 Å². The van der Waals surface area contributed by atoms with Gasteiger partial charge in [-0.05, 0) is 49.2 Å². The van der Waals surface area contributed by atoms with Crippen LogP contribution in [0.3, 0.4) is 0 Å². The fraction of sp³-hybridized carbons (Fsp3) is 0.0714. The molecule has 146 valence electrons. The third-order valence-electron chi connectivity index (χ3n) is 5.25. The lowest BCUT2D eigenvalue weighted by atomic mass is 10.0. The van der Waals surface area contributed by atoms with E-state index in [1.165, 1.54) is 11.1 Å². The molecule has 0 saturated heterocycles. The molecule has 0 unspecified atom stereocenters. The van der Waals surface area contributed by atoms with Gasteiger partial charge in [0.15, 0.2) is 0 Å². The first-order valence-electron chi connectivity index (χ1n) is 10.1. The molecule has 0 aliphatic heterocycles. The van der Waals surface area contributed by atoms with E-state index < -0.39 is 0 Å². The van der Waals surface area contributed by atoms with E-state index in [0.29, 0.717) is 0 Å². The average molecular weight is 390 g/mol. The van der Waals surface area contributed by atoms with Gasteiger partial charge in [-0.1, -0.05) is 72.8 Å². The summed E-state index contributed by atoms with van der Waals surface area (Å²) in [5.74, 6) is 3.36. The highest BCUT2D eigenvalue weighted by Gasteiger charge is 2.17. The maximum Gasteiger partial charge on any atom is 0.143 e. The summed E-state index contributed by atoms with van der Waals surface area (Å²) in [7, 11) is 0. The second kappa shape index (κ2) is 7.57. The van der Waals surface area contributed by atoms with Crippen LogP contribution in [0, 0.1) is 13.8 Å². The van der Waals surface area contributed by atoms with Crippen LogP contribution < -0.4 is 9.47 Å². The van der Waals surface area contributed by atoms with Gasteiger partial charge in [0.05, 0.1) is 0 Å². The van der Waals surface area contributed by atoms with Gasteiger partial charge in [0, 0.05) is 21.5 Å². The Kier molecular flexibility index (Phi) is 4.61. The Balaban J connectivity index is 1.76. The SMILES string of the molecule is Cc1cccc(Oc2c3ccccc3c(Oc3cccc(C)c3)c3ccccc23)c1. The standard InChI is InChI=1S/C28H22O2/c1-19-9-7-11-21(17-19)29-27-23-13-3-5-15-25(23)28(26-16-6-4-14-24(26)27)30-22-12-8-10-20(2)18-22/h3-18H,1-2H3. The van der Waals surface area contributed by atoms with Gasteiger partial charge in [-0.15, -0.1) is 0 Å². The van der Waals surface area contributed by atoms with Crippen LogP contribution in [0.15, 0.2) is 97.1 Å². The van der Waals surface area contributed by atoms with E-state index in [2.05, 4.69) is 62.4 Å². The lowest BCUT2D eigenvalue weighted by Crippen LogP contribution is -1.93. The van der Waals surface area contributed by atoms with Crippen LogP contribution in [-0.2, 0) is 0 Å². The van der Waals surface area contributed by atoms with E-state index in [1.54, 1.807) is 0 Å². The Morgan fingerprint density at radius 1 is 0.433 bits per heavy atom. The molecule has 30 heavy (non-hydrogen) atoms. The minimum absolute atomic E-state index is 0.831. The van der Waals surface area contributed by atoms with Gasteiger partial charge >= 0.3 is 0 Å². The van der Waals surface area contributed by atoms with Crippen LogP contribution in [0.2, 0.25) is 0 Å². The average Bonchev–Trinajstić information content (AvgIpc) is 2.76. The van der Waals surface area contributed by atoms with E-state index >= 15 is 0 Å². The molecule has 0 fully saturated rings. The second-order valence-corrected chi connectivity index (χ2v) is 7.59. The predicted octanol–water partition coefficient (Wildman–Crippen LogP) is 8.19. The molecule has 0 aliphatic rings. The molecule has 0 radical (unpaired) electrons. The second-order valence-electron chi connectivity index (χ2n) is 7.59. The van der Waals surface area contributed by atoms with Gasteiger partial charge in [0.2, 0.25) is 0 Å². The van der Waals surface area contributed by atoms with Crippen molar-refractivity contribution >= 4 is 21.5 Å². The molecule has 0 saturated carbocycles. The van der Waals surface area contributed by atoms with Crippen molar-refractivity contribution in [2.75, 3.05) is 0 Å². The van der Waals surface area contributed by atoms with E-state index in [4.69, 9.17) is 9.47 Å². The van der Waals surface area contributed by atoms with Crippen LogP contribution >= 0.6 is 0 Å². The van der Waals surface area contributed by atoms with Gasteiger partial charge in [-0.25, -0.2) is 0 Å². The van der Waals surface area contributed by atoms with Crippen LogP contribution in [0.4, 0.5) is 0 Å². The summed E-state index contributed by atoms with van der Waals surface area (Å²) in [6.45, 7) is 4.14. The molecule has 0 aromatic heterocycles. The third-order valence-corrected chi connectivity index (χ3v) is 5.25. The first-order chi connectivity index (χ1) is 14.7. The minimum atomic E-state index is 0.831. The van der Waals surface area contributed by atoms with Crippen LogP contribution in [0.5, 0.6) is 23.0 Å². The molecular weight excluding hydrogens is 368 g/mol. The molecule has 2 heteroatoms. The number of fused-ring (bicyclic) bond motifs is 2. The number of benzene rings is 5. The summed E-state index contributed by atoms with van der Waals surface area (Å²) in [6.07, 6.45) is 0. The minimum Gasteiger partial charge on any atom is -0.456 e. The van der Waals surface area contributed by atoms with Crippen molar-refractivity contribution in [1.29, 1.82) is 0 Å². The van der Waals surface area contributed by atoms with Gasteiger partial charge in [-0.3, -0.25) is 0 Å². The largest absolute Gasteiger partial charge is 0.456 e. The summed E-state index contributed by atoms with van der Waals surface area (Å²) in [4.78, 5) is 0. The smallest absolute Gasteiger partial charge is 0.143 e. The van der Waals surface area contributed by atoms with Crippen molar-refractivity contribution in [3.63, 3.8) is 0 Å². The Morgan fingerprint density at radius 2 is 0.800 bits per heavy atom. The summed E-state index contributed by atoms with van der Waals surface area (Å²) in [6, 6.07) is 32.8. The number of rotatable bonds is 4. The molecule has 0 spiro atoms. The Morgan fingerprint density at radius 3 is 1.13 bits per heavy atom. The molecule has 0 N–H and O–H groups in total. The number of hydrogen-bond acceptors (Lipinski definition) is 2. The van der Waals surface area contributed by atoms with Crippen molar-refractivity contribution in [3.05, 3.63) is 108 Å². The predicted molar refractivity (Wildman–Crippen MR) is 124 cm³/mol. The van der Waals surface area contributed by atoms with Crippen LogP contribution in [-0.4, -0.2) is 0 Å². The first-order valence-corrected chi connectivity index (χ1v) is 10.1. The monoisotopic (exact) mass is 390 g/mol. The summed E-state index contributed by atoms with van der Waals surface area (Å²) >= 11 is 0. The molecular formula is C28H22O2. The zero-order valence-corrected chi connectivity index (χ0v) is 17.1. The Bertz CT molecular complexity index is 1210. The lowest BCUT2D eigenvalue weighted by Gasteiger charge is -2.18. The Hall–Kier alpha value is -3.78. The van der Waals surface area contributed by atoms with Crippen molar-refractivity contribution in [3.8, 4) is 23.0 Å².